The molecule has 164 valence electrons. The van der Waals surface area contributed by atoms with Crippen LogP contribution >= 0.6 is 11.8 Å². The van der Waals surface area contributed by atoms with E-state index in [2.05, 4.69) is 17.6 Å². The lowest BCUT2D eigenvalue weighted by Crippen LogP contribution is -2.57. The van der Waals surface area contributed by atoms with Crippen LogP contribution in [0.2, 0.25) is 0 Å². The zero-order valence-electron chi connectivity index (χ0n) is 17.9. The number of carbonyl (C=O) groups is 3. The molecule has 1 spiro atoms. The molecule has 3 heterocycles. The lowest BCUT2D eigenvalue weighted by Gasteiger charge is -2.38. The summed E-state index contributed by atoms with van der Waals surface area (Å²) in [6, 6.07) is -0.534. The Bertz CT molecular complexity index is 658. The minimum Gasteiger partial charge on any atom is -0.396 e. The average molecular weight is 426 g/mol. The summed E-state index contributed by atoms with van der Waals surface area (Å²) < 4.78 is -0.525. The van der Waals surface area contributed by atoms with E-state index in [9.17, 15) is 14.4 Å². The zero-order valence-corrected chi connectivity index (χ0v) is 18.8. The van der Waals surface area contributed by atoms with Gasteiger partial charge in [0.15, 0.2) is 0 Å². The van der Waals surface area contributed by atoms with Gasteiger partial charge in [0.2, 0.25) is 17.7 Å². The Balaban J connectivity index is 1.91. The first-order valence-electron chi connectivity index (χ1n) is 10.9. The highest BCUT2D eigenvalue weighted by Gasteiger charge is 2.75. The number of fused-ring (bicyclic) bond motifs is 1. The summed E-state index contributed by atoms with van der Waals surface area (Å²) in [5.74, 6) is -0.795. The monoisotopic (exact) mass is 425 g/mol. The summed E-state index contributed by atoms with van der Waals surface area (Å²) in [4.78, 5) is 41.3. The Hall–Kier alpha value is -1.28. The summed E-state index contributed by atoms with van der Waals surface area (Å²) in [5, 5.41) is 14.9. The first-order chi connectivity index (χ1) is 13.8. The van der Waals surface area contributed by atoms with Crippen LogP contribution in [0.1, 0.15) is 52.9 Å². The number of nitrogens with zero attached hydrogens (tertiary/aromatic N) is 1. The molecule has 29 heavy (non-hydrogen) atoms. The van der Waals surface area contributed by atoms with Crippen LogP contribution in [0.3, 0.4) is 0 Å². The molecule has 3 amide bonds. The number of amides is 3. The molecule has 0 aromatic carbocycles. The molecule has 0 aromatic heterocycles. The summed E-state index contributed by atoms with van der Waals surface area (Å²) in [6.07, 6.45) is 4.23. The molecule has 3 fully saturated rings. The highest BCUT2D eigenvalue weighted by atomic mass is 32.2. The van der Waals surface area contributed by atoms with Gasteiger partial charge in [-0.3, -0.25) is 14.4 Å². The maximum Gasteiger partial charge on any atom is 0.244 e. The van der Waals surface area contributed by atoms with E-state index < -0.39 is 16.7 Å². The third kappa shape index (κ3) is 3.67. The number of aliphatic hydroxyl groups is 1. The lowest BCUT2D eigenvalue weighted by molar-refractivity contribution is -0.140. The van der Waals surface area contributed by atoms with Crippen molar-refractivity contribution in [1.29, 1.82) is 0 Å². The third-order valence-corrected chi connectivity index (χ3v) is 8.86. The summed E-state index contributed by atoms with van der Waals surface area (Å²) in [6.45, 7) is 6.69. The van der Waals surface area contributed by atoms with Gasteiger partial charge in [-0.25, -0.2) is 0 Å². The first-order valence-corrected chi connectivity index (χ1v) is 11.8. The minimum atomic E-state index is -0.528. The number of nitrogens with one attached hydrogen (secondary N) is 2. The third-order valence-electron chi connectivity index (χ3n) is 6.78. The first kappa shape index (κ1) is 22.4. The number of hydrogen-bond acceptors (Lipinski definition) is 5. The maximum atomic E-state index is 13.6. The van der Waals surface area contributed by atoms with Gasteiger partial charge in [-0.05, 0) is 39.0 Å². The van der Waals surface area contributed by atoms with E-state index in [0.29, 0.717) is 6.54 Å². The van der Waals surface area contributed by atoms with Gasteiger partial charge < -0.3 is 20.6 Å². The largest absolute Gasteiger partial charge is 0.396 e. The fourth-order valence-corrected chi connectivity index (χ4v) is 8.06. The predicted molar refractivity (Wildman–Crippen MR) is 113 cm³/mol. The molecular formula is C21H35N3O4S. The van der Waals surface area contributed by atoms with Gasteiger partial charge in [0, 0.05) is 31.5 Å². The molecule has 7 nitrogen and oxygen atoms in total. The van der Waals surface area contributed by atoms with Gasteiger partial charge in [-0.15, -0.1) is 11.8 Å². The molecule has 3 aliphatic heterocycles. The number of rotatable bonds is 9. The van der Waals surface area contributed by atoms with Crippen molar-refractivity contribution in [2.24, 2.45) is 17.8 Å². The maximum absolute atomic E-state index is 13.6. The second kappa shape index (κ2) is 8.84. The van der Waals surface area contributed by atoms with E-state index in [1.807, 2.05) is 13.8 Å². The van der Waals surface area contributed by atoms with E-state index in [4.69, 9.17) is 5.11 Å². The van der Waals surface area contributed by atoms with E-state index in [1.165, 1.54) is 0 Å². The second-order valence-corrected chi connectivity index (χ2v) is 10.5. The van der Waals surface area contributed by atoms with Crippen LogP contribution < -0.4 is 10.6 Å². The predicted octanol–water partition coefficient (Wildman–Crippen LogP) is 1.15. The van der Waals surface area contributed by atoms with Crippen molar-refractivity contribution in [2.75, 3.05) is 20.2 Å². The lowest BCUT2D eigenvalue weighted by atomic mass is 9.66. The molecule has 3 aliphatic rings. The van der Waals surface area contributed by atoms with Gasteiger partial charge in [0.05, 0.1) is 16.6 Å². The Morgan fingerprint density at radius 2 is 1.93 bits per heavy atom. The number of aliphatic hydroxyl groups excluding tert-OH is 1. The van der Waals surface area contributed by atoms with Crippen molar-refractivity contribution in [3.8, 4) is 0 Å². The summed E-state index contributed by atoms with van der Waals surface area (Å²) in [7, 11) is 1.62. The number of likely N-dealkylation sites (tertiary alicyclic amines) is 1. The van der Waals surface area contributed by atoms with E-state index in [0.717, 1.165) is 32.1 Å². The smallest absolute Gasteiger partial charge is 0.244 e. The molecule has 2 bridgehead atoms. The number of carbonyl (C=O) groups excluding carboxylic acids is 3. The van der Waals surface area contributed by atoms with Crippen molar-refractivity contribution in [2.45, 2.75) is 75.0 Å². The molecular weight excluding hydrogens is 390 g/mol. The Morgan fingerprint density at radius 3 is 2.55 bits per heavy atom. The Morgan fingerprint density at radius 1 is 1.24 bits per heavy atom. The topological polar surface area (TPSA) is 98.7 Å². The number of thioether (sulfide) groups is 1. The zero-order chi connectivity index (χ0) is 21.3. The van der Waals surface area contributed by atoms with Gasteiger partial charge in [0.25, 0.3) is 0 Å². The van der Waals surface area contributed by atoms with Crippen LogP contribution in [0.4, 0.5) is 0 Å². The molecule has 3 rings (SSSR count). The normalized spacial score (nSPS) is 35.3. The van der Waals surface area contributed by atoms with Crippen LogP contribution in [0.15, 0.2) is 0 Å². The van der Waals surface area contributed by atoms with Crippen molar-refractivity contribution < 1.29 is 19.5 Å². The standard InChI is InChI=1S/C21H35N3O4S/c1-12(2)23-19(27)17-21-13(3)11-14(29-21)15(18(26)22-4)16(21)20(28)24(17)9-7-5-6-8-10-25/h12-17,25H,5-11H2,1-4H3,(H,22,26)(H,23,27)/t13?,14-,15+,16+,17?,21?/m1/s1. The van der Waals surface area contributed by atoms with Gasteiger partial charge >= 0.3 is 0 Å². The molecule has 6 atom stereocenters. The summed E-state index contributed by atoms with van der Waals surface area (Å²) in [5.41, 5.74) is 0. The number of hydrogen-bond donors (Lipinski definition) is 3. The quantitative estimate of drug-likeness (QED) is 0.481. The molecule has 8 heteroatoms. The molecule has 0 aromatic rings. The van der Waals surface area contributed by atoms with Crippen molar-refractivity contribution in [1.82, 2.24) is 15.5 Å². The van der Waals surface area contributed by atoms with Gasteiger partial charge in [0.1, 0.15) is 6.04 Å². The average Bonchev–Trinajstić information content (AvgIpc) is 3.24. The van der Waals surface area contributed by atoms with Crippen molar-refractivity contribution in [3.05, 3.63) is 0 Å². The van der Waals surface area contributed by atoms with Crippen molar-refractivity contribution in [3.63, 3.8) is 0 Å². The highest BCUT2D eigenvalue weighted by molar-refractivity contribution is 8.02. The van der Waals surface area contributed by atoms with Crippen LogP contribution in [-0.4, -0.2) is 70.0 Å². The van der Waals surface area contributed by atoms with E-state index in [-0.39, 0.29) is 47.5 Å². The number of unbranched alkanes of at least 4 members (excludes halogenated alkanes) is 3. The van der Waals surface area contributed by atoms with Crippen LogP contribution in [0, 0.1) is 17.8 Å². The molecule has 0 radical (unpaired) electrons. The van der Waals surface area contributed by atoms with Gasteiger partial charge in [-0.2, -0.15) is 0 Å². The second-order valence-electron chi connectivity index (χ2n) is 9.00. The van der Waals surface area contributed by atoms with Crippen LogP contribution in [0.5, 0.6) is 0 Å². The molecule has 0 aliphatic carbocycles. The van der Waals surface area contributed by atoms with E-state index in [1.54, 1.807) is 23.7 Å². The fourth-order valence-electron chi connectivity index (χ4n) is 5.64. The van der Waals surface area contributed by atoms with Crippen LogP contribution in [0.25, 0.3) is 0 Å². The van der Waals surface area contributed by atoms with Gasteiger partial charge in [-0.1, -0.05) is 19.8 Å². The highest BCUT2D eigenvalue weighted by Crippen LogP contribution is 2.68. The Labute approximate surface area is 177 Å². The molecule has 0 saturated carbocycles. The SMILES string of the molecule is CNC(=O)[C@@H]1[C@H]2C(=O)N(CCCCCCO)C(C(=O)NC(C)C)C23S[C@@H]1CC3C. The Kier molecular flexibility index (Phi) is 6.83. The molecule has 3 unspecified atom stereocenters. The summed E-state index contributed by atoms with van der Waals surface area (Å²) >= 11 is 1.71. The van der Waals surface area contributed by atoms with Crippen LogP contribution in [-0.2, 0) is 14.4 Å². The molecule has 3 N–H and O–H groups in total. The van der Waals surface area contributed by atoms with E-state index >= 15 is 0 Å². The van der Waals surface area contributed by atoms with Crippen molar-refractivity contribution >= 4 is 29.5 Å². The molecule has 3 saturated heterocycles. The fraction of sp³-hybridized carbons (Fsp3) is 0.857. The minimum absolute atomic E-state index is 0.00639.